The minimum Gasteiger partial charge on any atom is -0.459 e. The zero-order valence-electron chi connectivity index (χ0n) is 23.2. The first-order valence-corrected chi connectivity index (χ1v) is 12.7. The number of carbonyl (C=O) groups excluding carboxylic acids is 1. The molecule has 0 aliphatic heterocycles. The summed E-state index contributed by atoms with van der Waals surface area (Å²) in [5.74, 6) is -0.157. The van der Waals surface area contributed by atoms with Crippen molar-refractivity contribution >= 4 is 5.97 Å². The van der Waals surface area contributed by atoms with E-state index in [0.717, 1.165) is 22.3 Å². The number of hydrogen-bond donors (Lipinski definition) is 0. The van der Waals surface area contributed by atoms with Crippen LogP contribution >= 0.6 is 0 Å². The van der Waals surface area contributed by atoms with E-state index in [-0.39, 0.29) is 24.9 Å². The first-order valence-electron chi connectivity index (χ1n) is 12.7. The van der Waals surface area contributed by atoms with Gasteiger partial charge in [-0.1, -0.05) is 47.6 Å². The van der Waals surface area contributed by atoms with E-state index < -0.39 is 11.4 Å². The minimum atomic E-state index is -0.567. The van der Waals surface area contributed by atoms with Gasteiger partial charge in [0.2, 0.25) is 5.82 Å². The van der Waals surface area contributed by atoms with Crippen molar-refractivity contribution in [3.63, 3.8) is 0 Å². The molecular weight excluding hydrogens is 497 g/mol. The van der Waals surface area contributed by atoms with Gasteiger partial charge in [0, 0.05) is 30.3 Å². The summed E-state index contributed by atoms with van der Waals surface area (Å²) in [6.07, 6.45) is 0. The molecule has 7 nitrogen and oxygen atoms in total. The highest BCUT2D eigenvalue weighted by Gasteiger charge is 2.19. The number of carbonyl (C=O) groups is 1. The fourth-order valence-electron chi connectivity index (χ4n) is 4.35. The predicted molar refractivity (Wildman–Crippen MR) is 148 cm³/mol. The Bertz CT molecular complexity index is 1460. The van der Waals surface area contributed by atoms with Gasteiger partial charge >= 0.3 is 5.97 Å². The van der Waals surface area contributed by atoms with Crippen molar-refractivity contribution in [2.45, 2.75) is 46.4 Å². The van der Waals surface area contributed by atoms with Gasteiger partial charge in [-0.25, -0.2) is 4.39 Å². The zero-order valence-corrected chi connectivity index (χ0v) is 23.2. The molecule has 0 aliphatic rings. The Balaban J connectivity index is 1.51. The van der Waals surface area contributed by atoms with E-state index in [4.69, 9.17) is 14.0 Å². The SMILES string of the molecule is COCc1cc(-c2nc(-c3ccc(CN(C)CC(=O)OC(C)(C)C)c(F)c3)no2)ccc1-c1ccccc1C. The number of likely N-dealkylation sites (N-methyl/N-ethyl adjacent to an activating group) is 1. The van der Waals surface area contributed by atoms with E-state index in [2.05, 4.69) is 29.2 Å². The molecule has 4 aromatic rings. The third kappa shape index (κ3) is 7.16. The van der Waals surface area contributed by atoms with Crippen molar-refractivity contribution in [2.24, 2.45) is 0 Å². The van der Waals surface area contributed by atoms with Gasteiger partial charge < -0.3 is 14.0 Å². The number of aryl methyl sites for hydroxylation is 1. The van der Waals surface area contributed by atoms with Crippen LogP contribution in [0, 0.1) is 12.7 Å². The first-order chi connectivity index (χ1) is 18.5. The fourth-order valence-corrected chi connectivity index (χ4v) is 4.35. The summed E-state index contributed by atoms with van der Waals surface area (Å²) in [6, 6.07) is 18.9. The van der Waals surface area contributed by atoms with E-state index in [1.165, 1.54) is 11.6 Å². The lowest BCUT2D eigenvalue weighted by atomic mass is 9.94. The lowest BCUT2D eigenvalue weighted by molar-refractivity contribution is -0.155. The number of nitrogens with zero attached hydrogens (tertiary/aromatic N) is 3. The lowest BCUT2D eigenvalue weighted by Gasteiger charge is -2.22. The summed E-state index contributed by atoms with van der Waals surface area (Å²) in [4.78, 5) is 18.3. The van der Waals surface area contributed by atoms with Crippen LogP contribution < -0.4 is 0 Å². The molecule has 0 unspecified atom stereocenters. The summed E-state index contributed by atoms with van der Waals surface area (Å²) >= 11 is 0. The number of hydrogen-bond acceptors (Lipinski definition) is 7. The maximum absolute atomic E-state index is 15.0. The molecule has 1 aromatic heterocycles. The van der Waals surface area contributed by atoms with Gasteiger partial charge in [0.15, 0.2) is 0 Å². The average Bonchev–Trinajstić information content (AvgIpc) is 3.35. The average molecular weight is 532 g/mol. The van der Waals surface area contributed by atoms with E-state index in [1.807, 2.05) is 51.1 Å². The van der Waals surface area contributed by atoms with E-state index in [9.17, 15) is 9.18 Å². The van der Waals surface area contributed by atoms with Crippen LogP contribution in [-0.4, -0.2) is 47.3 Å². The normalized spacial score (nSPS) is 11.7. The Morgan fingerprint density at radius 2 is 1.74 bits per heavy atom. The molecule has 0 saturated heterocycles. The van der Waals surface area contributed by atoms with Crippen LogP contribution in [0.5, 0.6) is 0 Å². The number of ether oxygens (including phenoxy) is 2. The van der Waals surface area contributed by atoms with Gasteiger partial charge in [-0.05, 0) is 75.2 Å². The van der Waals surface area contributed by atoms with Crippen LogP contribution in [0.1, 0.15) is 37.5 Å². The summed E-state index contributed by atoms with van der Waals surface area (Å²) < 4.78 is 31.3. The minimum absolute atomic E-state index is 0.0559. The van der Waals surface area contributed by atoms with Gasteiger partial charge in [-0.2, -0.15) is 4.98 Å². The third-order valence-corrected chi connectivity index (χ3v) is 6.08. The summed E-state index contributed by atoms with van der Waals surface area (Å²) in [6.45, 7) is 8.24. The molecule has 0 atom stereocenters. The van der Waals surface area contributed by atoms with Crippen molar-refractivity contribution in [2.75, 3.05) is 20.7 Å². The smallest absolute Gasteiger partial charge is 0.320 e. The van der Waals surface area contributed by atoms with Gasteiger partial charge in [0.05, 0.1) is 13.2 Å². The van der Waals surface area contributed by atoms with Crippen LogP contribution in [0.25, 0.3) is 34.0 Å². The highest BCUT2D eigenvalue weighted by molar-refractivity contribution is 5.74. The van der Waals surface area contributed by atoms with Gasteiger partial charge in [-0.15, -0.1) is 0 Å². The van der Waals surface area contributed by atoms with Crippen molar-refractivity contribution < 1.29 is 23.2 Å². The van der Waals surface area contributed by atoms with Crippen molar-refractivity contribution in [3.8, 4) is 34.0 Å². The molecule has 8 heteroatoms. The standard InChI is InChI=1S/C31H34FN3O4/c1-20-9-7-8-10-25(20)26-14-13-22(15-24(26)19-37-6)30-33-29(34-39-30)21-11-12-23(27(32)16-21)17-35(5)18-28(36)38-31(2,3)4/h7-16H,17-19H2,1-6H3. The Hall–Kier alpha value is -3.88. The van der Waals surface area contributed by atoms with Crippen LogP contribution in [-0.2, 0) is 27.4 Å². The van der Waals surface area contributed by atoms with Crippen LogP contribution in [0.3, 0.4) is 0 Å². The first kappa shape index (κ1) is 28.1. The van der Waals surface area contributed by atoms with Gasteiger partial charge in [0.25, 0.3) is 5.89 Å². The van der Waals surface area contributed by atoms with Crippen LogP contribution in [0.4, 0.5) is 4.39 Å². The Morgan fingerprint density at radius 1 is 1.00 bits per heavy atom. The quantitative estimate of drug-likeness (QED) is 0.230. The number of benzene rings is 3. The number of esters is 1. The molecule has 204 valence electrons. The van der Waals surface area contributed by atoms with E-state index in [1.54, 1.807) is 31.2 Å². The molecule has 0 aliphatic carbocycles. The number of aromatic nitrogens is 2. The number of methoxy groups -OCH3 is 1. The van der Waals surface area contributed by atoms with Crippen molar-refractivity contribution in [3.05, 3.63) is 83.2 Å². The second kappa shape index (κ2) is 11.9. The molecule has 0 amide bonds. The highest BCUT2D eigenvalue weighted by Crippen LogP contribution is 2.32. The molecule has 0 fully saturated rings. The summed E-state index contributed by atoms with van der Waals surface area (Å²) in [5, 5.41) is 4.08. The van der Waals surface area contributed by atoms with E-state index >= 15 is 0 Å². The third-order valence-electron chi connectivity index (χ3n) is 6.08. The monoisotopic (exact) mass is 531 g/mol. The Labute approximate surface area is 228 Å². The summed E-state index contributed by atoms with van der Waals surface area (Å²) in [5.41, 5.74) is 5.50. The largest absolute Gasteiger partial charge is 0.459 e. The van der Waals surface area contributed by atoms with Gasteiger partial charge in [-0.3, -0.25) is 9.69 Å². The highest BCUT2D eigenvalue weighted by atomic mass is 19.1. The Kier molecular flexibility index (Phi) is 8.57. The molecule has 1 heterocycles. The molecule has 0 N–H and O–H groups in total. The van der Waals surface area contributed by atoms with Crippen molar-refractivity contribution in [1.29, 1.82) is 0 Å². The second-order valence-corrected chi connectivity index (χ2v) is 10.6. The molecule has 39 heavy (non-hydrogen) atoms. The van der Waals surface area contributed by atoms with E-state index in [0.29, 0.717) is 23.6 Å². The molecule has 0 radical (unpaired) electrons. The molecule has 0 bridgehead atoms. The second-order valence-electron chi connectivity index (χ2n) is 10.6. The Morgan fingerprint density at radius 3 is 2.44 bits per heavy atom. The fraction of sp³-hybridized carbons (Fsp3) is 0.323. The molecule has 0 spiro atoms. The molecule has 3 aromatic carbocycles. The topological polar surface area (TPSA) is 77.7 Å². The zero-order chi connectivity index (χ0) is 28.2. The van der Waals surface area contributed by atoms with Gasteiger partial charge in [0.1, 0.15) is 11.4 Å². The van der Waals surface area contributed by atoms with Crippen molar-refractivity contribution in [1.82, 2.24) is 15.0 Å². The molecular formula is C31H34FN3O4. The maximum Gasteiger partial charge on any atom is 0.320 e. The molecule has 4 rings (SSSR count). The summed E-state index contributed by atoms with van der Waals surface area (Å²) in [7, 11) is 3.40. The molecule has 0 saturated carbocycles. The number of rotatable bonds is 9. The van der Waals surface area contributed by atoms with Crippen LogP contribution in [0.15, 0.2) is 65.2 Å². The number of halogens is 1. The lowest BCUT2D eigenvalue weighted by Crippen LogP contribution is -2.32. The van der Waals surface area contributed by atoms with Crippen LogP contribution in [0.2, 0.25) is 0 Å². The maximum atomic E-state index is 15.0. The predicted octanol–water partition coefficient (Wildman–Crippen LogP) is 6.44.